The van der Waals surface area contributed by atoms with Gasteiger partial charge in [0.1, 0.15) is 6.61 Å². The van der Waals surface area contributed by atoms with Crippen molar-refractivity contribution in [2.45, 2.75) is 37.2 Å². The van der Waals surface area contributed by atoms with E-state index in [1.165, 1.54) is 0 Å². The molecule has 3 heterocycles. The normalized spacial score (nSPS) is 37.6. The largest absolute Gasteiger partial charge is 0.390 e. The van der Waals surface area contributed by atoms with Gasteiger partial charge in [-0.25, -0.2) is 13.8 Å². The zero-order chi connectivity index (χ0) is 17.2. The number of imidazole rings is 1. The molecular formula is C12H15F2N5O4. The van der Waals surface area contributed by atoms with Crippen LogP contribution in [-0.2, 0) is 4.74 Å². The molecule has 1 fully saturated rings. The van der Waals surface area contributed by atoms with Crippen LogP contribution in [0.2, 0.25) is 0 Å². The maximum absolute atomic E-state index is 15.1. The number of nitrogens with two attached hydrogens (primary N) is 1. The van der Waals surface area contributed by atoms with Gasteiger partial charge in [-0.1, -0.05) is 0 Å². The first-order valence-corrected chi connectivity index (χ1v) is 6.66. The minimum atomic E-state index is -3.05. The molecule has 0 radical (unpaired) electrons. The number of nitrogens with zero attached hydrogens (tertiary/aromatic N) is 3. The molecule has 1 aliphatic rings. The van der Waals surface area contributed by atoms with Crippen LogP contribution in [-0.4, -0.2) is 53.5 Å². The van der Waals surface area contributed by atoms with E-state index in [4.69, 9.17) is 15.6 Å². The fourth-order valence-electron chi connectivity index (χ4n) is 2.63. The monoisotopic (exact) mass is 331 g/mol. The number of alkyl halides is 2. The standard InChI is InChI=1S/C12H15F2N5O4/c1-10(13)8(23-12(14,3-20)11(10,2)22)19-4-16-5-6(19)17-9(15)18-7(5)21/h4,8,20,22H,3H2,1-2H3,(H3,15,17,18,21)/t8-,10+,11+,12-/m1/s1. The van der Waals surface area contributed by atoms with Gasteiger partial charge in [0.25, 0.3) is 11.4 Å². The number of hydrogen-bond donors (Lipinski definition) is 4. The first kappa shape index (κ1) is 15.8. The van der Waals surface area contributed by atoms with Gasteiger partial charge in [0.15, 0.2) is 28.7 Å². The molecule has 11 heteroatoms. The van der Waals surface area contributed by atoms with Crippen molar-refractivity contribution in [3.63, 3.8) is 0 Å². The summed E-state index contributed by atoms with van der Waals surface area (Å²) >= 11 is 0. The number of aliphatic hydroxyl groups excluding tert-OH is 1. The highest BCUT2D eigenvalue weighted by Crippen LogP contribution is 2.54. The smallest absolute Gasteiger partial charge is 0.280 e. The Morgan fingerprint density at radius 1 is 1.52 bits per heavy atom. The summed E-state index contributed by atoms with van der Waals surface area (Å²) < 4.78 is 35.6. The molecule has 0 aromatic carbocycles. The molecule has 0 unspecified atom stereocenters. The number of nitrogen functional groups attached to an aromatic ring is 1. The number of H-pyrrole nitrogens is 1. The van der Waals surface area contributed by atoms with Crippen LogP contribution in [0.1, 0.15) is 20.1 Å². The molecule has 0 bridgehead atoms. The molecule has 4 atom stereocenters. The van der Waals surface area contributed by atoms with Crippen molar-refractivity contribution >= 4 is 17.1 Å². The summed E-state index contributed by atoms with van der Waals surface area (Å²) in [6.07, 6.45) is -0.707. The van der Waals surface area contributed by atoms with Gasteiger partial charge >= 0.3 is 0 Å². The van der Waals surface area contributed by atoms with Gasteiger partial charge in [-0.2, -0.15) is 4.98 Å². The fraction of sp³-hybridized carbons (Fsp3) is 0.583. The minimum Gasteiger partial charge on any atom is -0.390 e. The zero-order valence-electron chi connectivity index (χ0n) is 12.2. The van der Waals surface area contributed by atoms with Gasteiger partial charge in [0.2, 0.25) is 5.95 Å². The third-order valence-electron chi connectivity index (χ3n) is 4.35. The van der Waals surface area contributed by atoms with Crippen LogP contribution in [0.4, 0.5) is 14.7 Å². The summed E-state index contributed by atoms with van der Waals surface area (Å²) in [6, 6.07) is 0. The van der Waals surface area contributed by atoms with E-state index in [0.29, 0.717) is 0 Å². The minimum absolute atomic E-state index is 0.141. The van der Waals surface area contributed by atoms with Crippen LogP contribution in [0.3, 0.4) is 0 Å². The van der Waals surface area contributed by atoms with E-state index in [9.17, 15) is 14.3 Å². The molecule has 2 aromatic rings. The van der Waals surface area contributed by atoms with Crippen LogP contribution in [0, 0.1) is 0 Å². The second kappa shape index (κ2) is 4.46. The Bertz CT molecular complexity index is 832. The van der Waals surface area contributed by atoms with Crippen LogP contribution in [0.5, 0.6) is 0 Å². The lowest BCUT2D eigenvalue weighted by atomic mass is 9.83. The van der Waals surface area contributed by atoms with Gasteiger partial charge in [-0.15, -0.1) is 0 Å². The highest BCUT2D eigenvalue weighted by Gasteiger charge is 2.72. The van der Waals surface area contributed by atoms with Crippen molar-refractivity contribution in [1.82, 2.24) is 19.5 Å². The molecule has 0 amide bonds. The molecule has 2 aromatic heterocycles. The first-order chi connectivity index (χ1) is 10.5. The Labute approximate surface area is 127 Å². The van der Waals surface area contributed by atoms with Gasteiger partial charge < -0.3 is 20.7 Å². The molecule has 0 spiro atoms. The number of aromatic nitrogens is 4. The number of anilines is 1. The molecular weight excluding hydrogens is 316 g/mol. The molecule has 0 aliphatic carbocycles. The highest BCUT2D eigenvalue weighted by atomic mass is 19.2. The van der Waals surface area contributed by atoms with Crippen molar-refractivity contribution in [3.8, 4) is 0 Å². The average molecular weight is 331 g/mol. The fourth-order valence-corrected chi connectivity index (χ4v) is 2.63. The lowest BCUT2D eigenvalue weighted by molar-refractivity contribution is -0.238. The zero-order valence-corrected chi connectivity index (χ0v) is 12.2. The van der Waals surface area contributed by atoms with Gasteiger partial charge in [-0.3, -0.25) is 14.3 Å². The molecule has 0 saturated carbocycles. The van der Waals surface area contributed by atoms with Crippen molar-refractivity contribution in [1.29, 1.82) is 0 Å². The van der Waals surface area contributed by atoms with Crippen LogP contribution in [0.15, 0.2) is 11.1 Å². The Morgan fingerprint density at radius 3 is 2.74 bits per heavy atom. The third-order valence-corrected chi connectivity index (χ3v) is 4.35. The average Bonchev–Trinajstić information content (AvgIpc) is 2.92. The van der Waals surface area contributed by atoms with Crippen molar-refractivity contribution in [2.75, 3.05) is 12.3 Å². The van der Waals surface area contributed by atoms with Crippen molar-refractivity contribution < 1.29 is 23.7 Å². The summed E-state index contributed by atoms with van der Waals surface area (Å²) in [5.74, 6) is -3.30. The van der Waals surface area contributed by atoms with Gasteiger partial charge in [0.05, 0.1) is 6.33 Å². The van der Waals surface area contributed by atoms with E-state index in [-0.39, 0.29) is 17.1 Å². The molecule has 126 valence electrons. The van der Waals surface area contributed by atoms with E-state index in [0.717, 1.165) is 24.7 Å². The first-order valence-electron chi connectivity index (χ1n) is 6.66. The van der Waals surface area contributed by atoms with Gasteiger partial charge in [-0.05, 0) is 13.8 Å². The molecule has 23 heavy (non-hydrogen) atoms. The molecule has 1 saturated heterocycles. The number of nitrogens with one attached hydrogen (secondary N) is 1. The summed E-state index contributed by atoms with van der Waals surface area (Å²) in [7, 11) is 0. The Morgan fingerprint density at radius 2 is 2.17 bits per heavy atom. The van der Waals surface area contributed by atoms with Crippen LogP contribution >= 0.6 is 0 Å². The number of fused-ring (bicyclic) bond motifs is 1. The number of rotatable bonds is 2. The number of aromatic amines is 1. The Balaban J connectivity index is 2.22. The van der Waals surface area contributed by atoms with E-state index in [2.05, 4.69) is 15.0 Å². The topological polar surface area (TPSA) is 139 Å². The lowest BCUT2D eigenvalue weighted by Gasteiger charge is -2.34. The Kier molecular flexibility index (Phi) is 3.06. The molecule has 3 rings (SSSR count). The van der Waals surface area contributed by atoms with Crippen LogP contribution in [0.25, 0.3) is 11.2 Å². The summed E-state index contributed by atoms with van der Waals surface area (Å²) in [4.78, 5) is 21.6. The van der Waals surface area contributed by atoms with Crippen LogP contribution < -0.4 is 11.3 Å². The number of hydrogen-bond acceptors (Lipinski definition) is 7. The second-order valence-electron chi connectivity index (χ2n) is 5.78. The summed E-state index contributed by atoms with van der Waals surface area (Å²) in [5.41, 5.74) is -0.844. The van der Waals surface area contributed by atoms with E-state index in [1.54, 1.807) is 0 Å². The summed E-state index contributed by atoms with van der Waals surface area (Å²) in [5, 5.41) is 19.4. The third kappa shape index (κ3) is 1.84. The Hall–Kier alpha value is -2.11. The number of ether oxygens (including phenoxy) is 1. The SMILES string of the molecule is C[C@@]1(O)[C@@](F)(CO)O[C@@H](n2cnc3c(=O)[nH]c(N)nc32)[C@]1(C)F. The number of aliphatic hydroxyl groups is 2. The predicted molar refractivity (Wildman–Crippen MR) is 73.7 cm³/mol. The van der Waals surface area contributed by atoms with Gasteiger partial charge in [0, 0.05) is 0 Å². The molecule has 5 N–H and O–H groups in total. The quantitative estimate of drug-likeness (QED) is 0.574. The maximum Gasteiger partial charge on any atom is 0.280 e. The summed E-state index contributed by atoms with van der Waals surface area (Å²) in [6.45, 7) is 0.521. The molecule has 9 nitrogen and oxygen atoms in total. The predicted octanol–water partition coefficient (Wildman–Crippen LogP) is -0.632. The number of halogens is 2. The molecule has 1 aliphatic heterocycles. The van der Waals surface area contributed by atoms with E-state index >= 15 is 4.39 Å². The van der Waals surface area contributed by atoms with Crippen molar-refractivity contribution in [2.24, 2.45) is 0 Å². The maximum atomic E-state index is 15.1. The lowest BCUT2D eigenvalue weighted by Crippen LogP contribution is -2.57. The van der Waals surface area contributed by atoms with E-state index in [1.807, 2.05) is 0 Å². The van der Waals surface area contributed by atoms with Crippen molar-refractivity contribution in [3.05, 3.63) is 16.7 Å². The second-order valence-corrected chi connectivity index (χ2v) is 5.78. The highest BCUT2D eigenvalue weighted by molar-refractivity contribution is 5.70. The van der Waals surface area contributed by atoms with E-state index < -0.39 is 35.5 Å².